The van der Waals surface area contributed by atoms with Gasteiger partial charge in [-0.1, -0.05) is 13.3 Å². The van der Waals surface area contributed by atoms with Gasteiger partial charge in [0.2, 0.25) is 0 Å². The topological polar surface area (TPSA) is 48.0 Å². The molecular weight excluding hydrogens is 267 g/mol. The van der Waals surface area contributed by atoms with Crippen LogP contribution in [0.5, 0.6) is 0 Å². The molecule has 2 rings (SSSR count). The molecule has 0 aliphatic carbocycles. The lowest BCUT2D eigenvalue weighted by atomic mass is 10.1. The molecule has 0 saturated carbocycles. The molecule has 0 aliphatic rings. The Morgan fingerprint density at radius 3 is 2.43 bits per heavy atom. The maximum atomic E-state index is 13.1. The Morgan fingerprint density at radius 1 is 1.19 bits per heavy atom. The molecule has 3 nitrogen and oxygen atoms in total. The molecule has 4 heteroatoms. The molecule has 0 saturated heterocycles. The van der Waals surface area contributed by atoms with Crippen LogP contribution in [-0.2, 0) is 6.54 Å². The summed E-state index contributed by atoms with van der Waals surface area (Å²) in [5.41, 5.74) is 8.05. The minimum atomic E-state index is -0.298. The Morgan fingerprint density at radius 2 is 1.86 bits per heavy atom. The summed E-state index contributed by atoms with van der Waals surface area (Å²) in [7, 11) is 0. The van der Waals surface area contributed by atoms with Crippen LogP contribution in [0.15, 0.2) is 41.2 Å². The van der Waals surface area contributed by atoms with Crippen molar-refractivity contribution in [3.63, 3.8) is 0 Å². The van der Waals surface area contributed by atoms with E-state index in [0.717, 1.165) is 24.1 Å². The van der Waals surface area contributed by atoms with Crippen LogP contribution in [0.1, 0.15) is 38.3 Å². The van der Waals surface area contributed by atoms with Crippen molar-refractivity contribution in [1.82, 2.24) is 4.57 Å². The van der Waals surface area contributed by atoms with E-state index in [1.54, 1.807) is 29.7 Å². The minimum absolute atomic E-state index is 0.0553. The second-order valence-electron chi connectivity index (χ2n) is 5.28. The quantitative estimate of drug-likeness (QED) is 0.915. The van der Waals surface area contributed by atoms with Crippen LogP contribution in [0.25, 0.3) is 11.3 Å². The van der Waals surface area contributed by atoms with E-state index < -0.39 is 0 Å². The van der Waals surface area contributed by atoms with Crippen LogP contribution in [0.3, 0.4) is 0 Å². The van der Waals surface area contributed by atoms with E-state index in [-0.39, 0.29) is 17.4 Å². The third-order valence-electron chi connectivity index (χ3n) is 3.57. The van der Waals surface area contributed by atoms with E-state index in [1.165, 1.54) is 12.1 Å². The zero-order valence-electron chi connectivity index (χ0n) is 12.5. The van der Waals surface area contributed by atoms with Crippen molar-refractivity contribution in [3.05, 3.63) is 58.1 Å². The molecule has 0 fully saturated rings. The first-order chi connectivity index (χ1) is 10.0. The zero-order chi connectivity index (χ0) is 15.4. The van der Waals surface area contributed by atoms with Gasteiger partial charge in [0.25, 0.3) is 5.56 Å². The number of hydrogen-bond acceptors (Lipinski definition) is 2. The van der Waals surface area contributed by atoms with Crippen LogP contribution < -0.4 is 11.3 Å². The highest BCUT2D eigenvalue weighted by Crippen LogP contribution is 2.20. The number of aromatic nitrogens is 1. The average molecular weight is 288 g/mol. The molecule has 2 N–H and O–H groups in total. The summed E-state index contributed by atoms with van der Waals surface area (Å²) in [4.78, 5) is 12.6. The van der Waals surface area contributed by atoms with Crippen molar-refractivity contribution < 1.29 is 4.39 Å². The van der Waals surface area contributed by atoms with E-state index in [9.17, 15) is 9.18 Å². The van der Waals surface area contributed by atoms with Crippen molar-refractivity contribution >= 4 is 0 Å². The summed E-state index contributed by atoms with van der Waals surface area (Å²) in [6.45, 7) is 4.53. The number of halogens is 1. The number of nitrogens with zero attached hydrogens (tertiary/aromatic N) is 1. The SMILES string of the molecule is CCCCn1c(-c2ccc(F)cc2)ccc(C(C)N)c1=O. The predicted octanol–water partition coefficient (Wildman–Crippen LogP) is 3.47. The first-order valence-electron chi connectivity index (χ1n) is 7.30. The van der Waals surface area contributed by atoms with Gasteiger partial charge in [0.05, 0.1) is 5.69 Å². The molecule has 112 valence electrons. The molecule has 1 atom stereocenters. The molecule has 1 aromatic carbocycles. The van der Waals surface area contributed by atoms with Crippen LogP contribution in [0.4, 0.5) is 4.39 Å². The molecule has 2 aromatic rings. The lowest BCUT2D eigenvalue weighted by molar-refractivity contribution is 0.607. The fourth-order valence-corrected chi connectivity index (χ4v) is 2.35. The Labute approximate surface area is 124 Å². The van der Waals surface area contributed by atoms with E-state index >= 15 is 0 Å². The molecule has 1 aromatic heterocycles. The second-order valence-corrected chi connectivity index (χ2v) is 5.28. The maximum Gasteiger partial charge on any atom is 0.255 e. The highest BCUT2D eigenvalue weighted by molar-refractivity contribution is 5.59. The summed E-state index contributed by atoms with van der Waals surface area (Å²) in [5, 5.41) is 0. The molecule has 1 heterocycles. The summed E-state index contributed by atoms with van der Waals surface area (Å²) in [6, 6.07) is 9.56. The highest BCUT2D eigenvalue weighted by atomic mass is 19.1. The predicted molar refractivity (Wildman–Crippen MR) is 83.6 cm³/mol. The molecule has 0 bridgehead atoms. The number of nitrogens with two attached hydrogens (primary N) is 1. The third kappa shape index (κ3) is 3.39. The van der Waals surface area contributed by atoms with E-state index in [2.05, 4.69) is 6.92 Å². The van der Waals surface area contributed by atoms with Gasteiger partial charge in [-0.3, -0.25) is 4.79 Å². The Hall–Kier alpha value is -1.94. The van der Waals surface area contributed by atoms with Gasteiger partial charge in [0.15, 0.2) is 0 Å². The first kappa shape index (κ1) is 15.4. The highest BCUT2D eigenvalue weighted by Gasteiger charge is 2.12. The van der Waals surface area contributed by atoms with Crippen LogP contribution in [0.2, 0.25) is 0 Å². The molecule has 0 aliphatic heterocycles. The van der Waals surface area contributed by atoms with E-state index in [4.69, 9.17) is 5.73 Å². The van der Waals surface area contributed by atoms with Gasteiger partial charge in [-0.25, -0.2) is 4.39 Å². The van der Waals surface area contributed by atoms with E-state index in [1.807, 2.05) is 6.07 Å². The van der Waals surface area contributed by atoms with Gasteiger partial charge in [-0.05, 0) is 55.3 Å². The van der Waals surface area contributed by atoms with Crippen molar-refractivity contribution in [3.8, 4) is 11.3 Å². The number of benzene rings is 1. The monoisotopic (exact) mass is 288 g/mol. The van der Waals surface area contributed by atoms with Gasteiger partial charge in [-0.15, -0.1) is 0 Å². The first-order valence-corrected chi connectivity index (χ1v) is 7.30. The summed E-state index contributed by atoms with van der Waals surface area (Å²) in [6.07, 6.45) is 1.91. The normalized spacial score (nSPS) is 12.4. The molecule has 0 radical (unpaired) electrons. The third-order valence-corrected chi connectivity index (χ3v) is 3.57. The van der Waals surface area contributed by atoms with Gasteiger partial charge >= 0.3 is 0 Å². The fraction of sp³-hybridized carbons (Fsp3) is 0.353. The van der Waals surface area contributed by atoms with Crippen LogP contribution in [-0.4, -0.2) is 4.57 Å². The van der Waals surface area contributed by atoms with Crippen molar-refractivity contribution in [2.75, 3.05) is 0 Å². The lowest BCUT2D eigenvalue weighted by Crippen LogP contribution is -2.28. The average Bonchev–Trinajstić information content (AvgIpc) is 2.46. The molecular formula is C17H21FN2O. The molecule has 1 unspecified atom stereocenters. The fourth-order valence-electron chi connectivity index (χ4n) is 2.35. The summed E-state index contributed by atoms with van der Waals surface area (Å²) in [5.74, 6) is -0.284. The molecule has 0 amide bonds. The Balaban J connectivity index is 2.56. The van der Waals surface area contributed by atoms with Gasteiger partial charge < -0.3 is 10.3 Å². The number of pyridine rings is 1. The Bertz CT molecular complexity index is 659. The van der Waals surface area contributed by atoms with Gasteiger partial charge in [0, 0.05) is 18.2 Å². The van der Waals surface area contributed by atoms with Crippen molar-refractivity contribution in [2.45, 2.75) is 39.3 Å². The minimum Gasteiger partial charge on any atom is -0.324 e. The maximum absolute atomic E-state index is 13.1. The van der Waals surface area contributed by atoms with Crippen molar-refractivity contribution in [2.24, 2.45) is 5.73 Å². The van der Waals surface area contributed by atoms with E-state index in [0.29, 0.717) is 12.1 Å². The summed E-state index contributed by atoms with van der Waals surface area (Å²) >= 11 is 0. The van der Waals surface area contributed by atoms with Gasteiger partial charge in [-0.2, -0.15) is 0 Å². The van der Waals surface area contributed by atoms with Gasteiger partial charge in [0.1, 0.15) is 5.82 Å². The second kappa shape index (κ2) is 6.68. The molecule has 0 spiro atoms. The number of unbranched alkanes of at least 4 members (excludes halogenated alkanes) is 1. The largest absolute Gasteiger partial charge is 0.324 e. The summed E-state index contributed by atoms with van der Waals surface area (Å²) < 4.78 is 14.8. The zero-order valence-corrected chi connectivity index (χ0v) is 12.5. The number of rotatable bonds is 5. The standard InChI is InChI=1S/C17H21FN2O/c1-3-4-11-20-16(13-5-7-14(18)8-6-13)10-9-15(12(2)19)17(20)21/h5-10,12H,3-4,11,19H2,1-2H3. The van der Waals surface area contributed by atoms with Crippen LogP contribution in [0, 0.1) is 5.82 Å². The van der Waals surface area contributed by atoms with Crippen LogP contribution >= 0.6 is 0 Å². The Kier molecular flexibility index (Phi) is 4.91. The molecule has 21 heavy (non-hydrogen) atoms. The van der Waals surface area contributed by atoms with Crippen molar-refractivity contribution in [1.29, 1.82) is 0 Å². The lowest BCUT2D eigenvalue weighted by Gasteiger charge is -2.16. The smallest absolute Gasteiger partial charge is 0.255 e. The number of hydrogen-bond donors (Lipinski definition) is 1.